The van der Waals surface area contributed by atoms with Crippen LogP contribution in [0.5, 0.6) is 0 Å². The number of hydrogen-bond acceptors (Lipinski definition) is 2. The van der Waals surface area contributed by atoms with Crippen molar-refractivity contribution in [3.05, 3.63) is 60.7 Å². The van der Waals surface area contributed by atoms with Crippen LogP contribution in [-0.2, 0) is 0 Å². The van der Waals surface area contributed by atoms with Crippen molar-refractivity contribution in [3.8, 4) is 0 Å². The fraction of sp³-hybridized carbons (Fsp3) is 0. The summed E-state index contributed by atoms with van der Waals surface area (Å²) in [5.74, 6) is 0. The first kappa shape index (κ1) is 12.3. The van der Waals surface area contributed by atoms with Gasteiger partial charge in [-0.2, -0.15) is 0 Å². The Morgan fingerprint density at radius 1 is 0.500 bits per heavy atom. The van der Waals surface area contributed by atoms with E-state index in [2.05, 4.69) is 70.6 Å². The number of H-pyrrole nitrogens is 2. The molecular weight excluding hydrogens is 308 g/mol. The van der Waals surface area contributed by atoms with E-state index < -0.39 is 0 Å². The van der Waals surface area contributed by atoms with Gasteiger partial charge in [-0.15, -0.1) is 22.7 Å². The van der Waals surface area contributed by atoms with Crippen molar-refractivity contribution >= 4 is 63.5 Å². The molecule has 0 saturated carbocycles. The summed E-state index contributed by atoms with van der Waals surface area (Å²) in [6.07, 6.45) is 0. The van der Waals surface area contributed by atoms with Crippen LogP contribution >= 0.6 is 22.7 Å². The SMILES string of the molecule is c1ccc2sc3cc4sc5ccccc5[nH]c4cc3[nH]c2c1. The van der Waals surface area contributed by atoms with E-state index in [1.807, 2.05) is 22.7 Å². The maximum atomic E-state index is 3.54. The van der Waals surface area contributed by atoms with Crippen LogP contribution in [0.1, 0.15) is 0 Å². The van der Waals surface area contributed by atoms with Gasteiger partial charge in [0.15, 0.2) is 0 Å². The first-order valence-electron chi connectivity index (χ1n) is 7.13. The van der Waals surface area contributed by atoms with Gasteiger partial charge < -0.3 is 9.97 Å². The zero-order valence-electron chi connectivity index (χ0n) is 11.6. The molecule has 0 fully saturated rings. The topological polar surface area (TPSA) is 31.6 Å². The third kappa shape index (κ3) is 1.85. The number of fused-ring (bicyclic) bond motifs is 4. The Labute approximate surface area is 134 Å². The summed E-state index contributed by atoms with van der Waals surface area (Å²) in [5.41, 5.74) is 4.72. The Morgan fingerprint density at radius 3 is 1.55 bits per heavy atom. The van der Waals surface area contributed by atoms with E-state index in [1.54, 1.807) is 0 Å². The summed E-state index contributed by atoms with van der Waals surface area (Å²) >= 11 is 3.67. The molecule has 0 atom stereocenters. The Morgan fingerprint density at radius 2 is 1.00 bits per heavy atom. The molecule has 5 aromatic rings. The van der Waals surface area contributed by atoms with Gasteiger partial charge in [-0.3, -0.25) is 0 Å². The molecule has 0 aliphatic heterocycles. The van der Waals surface area contributed by atoms with Crippen LogP contribution in [0.4, 0.5) is 0 Å². The molecule has 2 N–H and O–H groups in total. The lowest BCUT2D eigenvalue weighted by atomic mass is 10.3. The number of benzene rings is 3. The fourth-order valence-corrected chi connectivity index (χ4v) is 4.86. The molecule has 2 heterocycles. The normalized spacial score (nSPS) is 11.6. The molecular formula is C18H12N2S2. The smallest absolute Gasteiger partial charge is 0.0581 e. The minimum Gasteiger partial charge on any atom is -0.353 e. The van der Waals surface area contributed by atoms with Crippen LogP contribution < -0.4 is 0 Å². The second-order valence-electron chi connectivity index (χ2n) is 5.29. The monoisotopic (exact) mass is 320 g/mol. The van der Waals surface area contributed by atoms with Crippen LogP contribution in [0.15, 0.2) is 60.7 Å². The van der Waals surface area contributed by atoms with E-state index in [1.165, 1.54) is 40.9 Å². The number of para-hydroxylation sites is 2. The number of rotatable bonds is 0. The minimum absolute atomic E-state index is 1.18. The fourth-order valence-electron chi connectivity index (χ4n) is 2.77. The third-order valence-electron chi connectivity index (χ3n) is 3.83. The number of aromatic nitrogens is 2. The van der Waals surface area contributed by atoms with Gasteiger partial charge in [0, 0.05) is 0 Å². The highest BCUT2D eigenvalue weighted by Gasteiger charge is 2.04. The zero-order valence-corrected chi connectivity index (χ0v) is 13.2. The standard InChI is InChI=1S/C18H12N2S2/c1-3-7-15-11(5-1)19-13-9-14-18(10-17(13)21-15)22-16-8-4-2-6-12(16)20-14/h1-10,19-20H. The molecule has 0 aliphatic carbocycles. The largest absolute Gasteiger partial charge is 0.353 e. The van der Waals surface area contributed by atoms with Crippen molar-refractivity contribution in [2.24, 2.45) is 0 Å². The summed E-state index contributed by atoms with van der Waals surface area (Å²) < 4.78 is 5.13. The van der Waals surface area contributed by atoms with Crippen molar-refractivity contribution in [3.63, 3.8) is 0 Å². The van der Waals surface area contributed by atoms with E-state index in [0.29, 0.717) is 0 Å². The molecule has 0 saturated heterocycles. The first-order valence-corrected chi connectivity index (χ1v) is 8.76. The van der Waals surface area contributed by atoms with Crippen LogP contribution in [0, 0.1) is 0 Å². The molecule has 4 heteroatoms. The van der Waals surface area contributed by atoms with Crippen LogP contribution in [0.3, 0.4) is 0 Å². The average Bonchev–Trinajstić information content (AvgIpc) is 2.56. The molecule has 0 unspecified atom stereocenters. The molecule has 2 aromatic heterocycles. The lowest BCUT2D eigenvalue weighted by Gasteiger charge is -2.06. The van der Waals surface area contributed by atoms with Gasteiger partial charge in [0.2, 0.25) is 0 Å². The Bertz CT molecular complexity index is 1000. The highest BCUT2D eigenvalue weighted by atomic mass is 32.1. The number of aromatic amines is 2. The molecule has 0 spiro atoms. The van der Waals surface area contributed by atoms with Crippen LogP contribution in [0.2, 0.25) is 0 Å². The zero-order chi connectivity index (χ0) is 14.5. The van der Waals surface area contributed by atoms with Crippen LogP contribution in [-0.4, -0.2) is 9.97 Å². The molecule has 0 radical (unpaired) electrons. The molecule has 0 bridgehead atoms. The molecule has 2 nitrogen and oxygen atoms in total. The number of nitrogens with one attached hydrogen (secondary N) is 2. The molecule has 106 valence electrons. The lowest BCUT2D eigenvalue weighted by Crippen LogP contribution is -1.83. The van der Waals surface area contributed by atoms with Crippen molar-refractivity contribution in [1.29, 1.82) is 0 Å². The van der Waals surface area contributed by atoms with E-state index in [9.17, 15) is 0 Å². The Kier molecular flexibility index (Phi) is 2.56. The minimum atomic E-state index is 1.18. The first-order chi connectivity index (χ1) is 10.9. The quantitative estimate of drug-likeness (QED) is 0.318. The summed E-state index contributed by atoms with van der Waals surface area (Å²) in [5, 5.41) is 0. The highest BCUT2D eigenvalue weighted by molar-refractivity contribution is 7.26. The Balaban J connectivity index is 1.93. The maximum Gasteiger partial charge on any atom is 0.0581 e. The van der Waals surface area contributed by atoms with Gasteiger partial charge in [-0.1, -0.05) is 24.3 Å². The van der Waals surface area contributed by atoms with E-state index in [0.717, 1.165) is 0 Å². The maximum absolute atomic E-state index is 3.54. The van der Waals surface area contributed by atoms with Crippen molar-refractivity contribution in [2.75, 3.05) is 0 Å². The van der Waals surface area contributed by atoms with Crippen molar-refractivity contribution < 1.29 is 0 Å². The van der Waals surface area contributed by atoms with Gasteiger partial charge in [0.25, 0.3) is 0 Å². The third-order valence-corrected chi connectivity index (χ3v) is 6.10. The predicted octanol–water partition coefficient (Wildman–Crippen LogP) is 6.20. The Hall–Kier alpha value is -2.30. The number of hydrogen-bond donors (Lipinski definition) is 2. The van der Waals surface area contributed by atoms with Crippen LogP contribution in [0.25, 0.3) is 40.9 Å². The summed E-state index contributed by atoms with van der Waals surface area (Å²) in [4.78, 5) is 7.09. The highest BCUT2D eigenvalue weighted by Crippen LogP contribution is 2.32. The van der Waals surface area contributed by atoms with Gasteiger partial charge in [-0.25, -0.2) is 0 Å². The van der Waals surface area contributed by atoms with Gasteiger partial charge >= 0.3 is 0 Å². The molecule has 22 heavy (non-hydrogen) atoms. The van der Waals surface area contributed by atoms with E-state index in [4.69, 9.17) is 0 Å². The van der Waals surface area contributed by atoms with Gasteiger partial charge in [-0.05, 0) is 36.4 Å². The molecule has 3 aromatic carbocycles. The molecule has 0 aliphatic rings. The summed E-state index contributed by atoms with van der Waals surface area (Å²) in [6, 6.07) is 21.4. The lowest BCUT2D eigenvalue weighted by molar-refractivity contribution is 1.50. The average molecular weight is 320 g/mol. The second-order valence-corrected chi connectivity index (χ2v) is 7.46. The summed E-state index contributed by atoms with van der Waals surface area (Å²) in [7, 11) is 0. The van der Waals surface area contributed by atoms with Gasteiger partial charge in [0.1, 0.15) is 0 Å². The predicted molar refractivity (Wildman–Crippen MR) is 98.5 cm³/mol. The van der Waals surface area contributed by atoms with Gasteiger partial charge in [0.05, 0.1) is 40.9 Å². The van der Waals surface area contributed by atoms with E-state index >= 15 is 0 Å². The second kappa shape index (κ2) is 4.60. The molecule has 5 rings (SSSR count). The van der Waals surface area contributed by atoms with E-state index in [-0.39, 0.29) is 0 Å². The van der Waals surface area contributed by atoms with Crippen molar-refractivity contribution in [1.82, 2.24) is 9.97 Å². The van der Waals surface area contributed by atoms with Crippen molar-refractivity contribution in [2.45, 2.75) is 0 Å². The summed E-state index contributed by atoms with van der Waals surface area (Å²) in [6.45, 7) is 0. The molecule has 0 amide bonds.